The van der Waals surface area contributed by atoms with Gasteiger partial charge in [0.25, 0.3) is 11.8 Å². The number of imide groups is 1. The summed E-state index contributed by atoms with van der Waals surface area (Å²) in [6, 6.07) is 12.0. The lowest BCUT2D eigenvalue weighted by Gasteiger charge is -2.37. The molecule has 2 heterocycles. The number of fused-ring (bicyclic) bond motifs is 1. The molecule has 1 atom stereocenters. The molecule has 0 spiro atoms. The Bertz CT molecular complexity index is 968. The van der Waals surface area contributed by atoms with E-state index >= 15 is 0 Å². The number of carbonyl (C=O) groups excluding carboxylic acids is 2. The number of ether oxygens (including phenoxy) is 1. The number of piperidine rings is 1. The number of benzene rings is 2. The molecule has 1 saturated heterocycles. The van der Waals surface area contributed by atoms with Gasteiger partial charge in [-0.3, -0.25) is 14.5 Å². The van der Waals surface area contributed by atoms with E-state index in [1.807, 2.05) is 0 Å². The van der Waals surface area contributed by atoms with Crippen LogP contribution in [0.3, 0.4) is 0 Å². The maximum Gasteiger partial charge on any atom is 0.261 e. The van der Waals surface area contributed by atoms with E-state index in [0.29, 0.717) is 33.5 Å². The Labute approximate surface area is 191 Å². The lowest BCUT2D eigenvalue weighted by atomic mass is 10.0. The first kappa shape index (κ1) is 22.1. The molecule has 6 nitrogen and oxygen atoms in total. The van der Waals surface area contributed by atoms with E-state index in [2.05, 4.69) is 4.90 Å². The van der Waals surface area contributed by atoms with Crippen LogP contribution in [-0.2, 0) is 0 Å². The summed E-state index contributed by atoms with van der Waals surface area (Å²) in [5.74, 6) is -0.0188. The van der Waals surface area contributed by atoms with E-state index in [-0.39, 0.29) is 24.5 Å². The van der Waals surface area contributed by atoms with Crippen LogP contribution in [0.1, 0.15) is 40.5 Å². The highest BCUT2D eigenvalue weighted by molar-refractivity contribution is 6.42. The van der Waals surface area contributed by atoms with Gasteiger partial charge in [0.05, 0.1) is 33.3 Å². The van der Waals surface area contributed by atoms with Gasteiger partial charge in [-0.25, -0.2) is 0 Å². The molecule has 0 aromatic heterocycles. The summed E-state index contributed by atoms with van der Waals surface area (Å²) in [6.07, 6.45) is 1.64. The van der Waals surface area contributed by atoms with Crippen LogP contribution in [0.25, 0.3) is 0 Å². The Morgan fingerprint density at radius 3 is 2.19 bits per heavy atom. The van der Waals surface area contributed by atoms with Crippen molar-refractivity contribution < 1.29 is 19.4 Å². The molecule has 0 aliphatic carbocycles. The number of nitrogens with zero attached hydrogens (tertiary/aromatic N) is 2. The Balaban J connectivity index is 1.30. The molecule has 8 heteroatoms. The molecule has 0 radical (unpaired) electrons. The Kier molecular flexibility index (Phi) is 6.26. The maximum absolute atomic E-state index is 12.6. The topological polar surface area (TPSA) is 70.1 Å². The van der Waals surface area contributed by atoms with Crippen molar-refractivity contribution in [2.75, 3.05) is 26.2 Å². The van der Waals surface area contributed by atoms with Crippen molar-refractivity contribution in [1.29, 1.82) is 0 Å². The Morgan fingerprint density at radius 2 is 1.61 bits per heavy atom. The third-order valence-electron chi connectivity index (χ3n) is 5.67. The second-order valence-electron chi connectivity index (χ2n) is 8.41. The monoisotopic (exact) mass is 462 g/mol. The summed E-state index contributed by atoms with van der Waals surface area (Å²) in [6.45, 7) is 3.46. The van der Waals surface area contributed by atoms with E-state index in [4.69, 9.17) is 27.9 Å². The molecule has 2 aliphatic rings. The van der Waals surface area contributed by atoms with Crippen LogP contribution in [0.5, 0.6) is 5.75 Å². The largest absolute Gasteiger partial charge is 0.490 e. The van der Waals surface area contributed by atoms with Crippen LogP contribution in [0.2, 0.25) is 10.0 Å². The molecule has 164 valence electrons. The van der Waals surface area contributed by atoms with Crippen LogP contribution < -0.4 is 4.74 Å². The van der Waals surface area contributed by atoms with Crippen molar-refractivity contribution in [3.8, 4) is 5.75 Å². The number of hydrogen-bond acceptors (Lipinski definition) is 5. The highest BCUT2D eigenvalue weighted by Crippen LogP contribution is 2.29. The van der Waals surface area contributed by atoms with Crippen molar-refractivity contribution in [2.24, 2.45) is 0 Å². The number of halogens is 2. The minimum absolute atomic E-state index is 0.0426. The molecule has 2 aromatic carbocycles. The molecule has 2 aliphatic heterocycles. The van der Waals surface area contributed by atoms with Gasteiger partial charge >= 0.3 is 0 Å². The van der Waals surface area contributed by atoms with Gasteiger partial charge in [-0.2, -0.15) is 0 Å². The second-order valence-corrected chi connectivity index (χ2v) is 9.22. The van der Waals surface area contributed by atoms with Gasteiger partial charge in [0.1, 0.15) is 11.9 Å². The van der Waals surface area contributed by atoms with Gasteiger partial charge in [0.15, 0.2) is 0 Å². The number of rotatable bonds is 6. The molecule has 2 amide bonds. The molecule has 4 rings (SSSR count). The third-order valence-corrected chi connectivity index (χ3v) is 6.41. The molecule has 0 bridgehead atoms. The third kappa shape index (κ3) is 4.88. The zero-order chi connectivity index (χ0) is 22.2. The predicted molar refractivity (Wildman–Crippen MR) is 119 cm³/mol. The van der Waals surface area contributed by atoms with Crippen LogP contribution in [-0.4, -0.2) is 64.6 Å². The van der Waals surface area contributed by atoms with Crippen LogP contribution in [0, 0.1) is 0 Å². The van der Waals surface area contributed by atoms with Gasteiger partial charge in [0, 0.05) is 25.7 Å². The number of carbonyl (C=O) groups is 2. The summed E-state index contributed by atoms with van der Waals surface area (Å²) in [7, 11) is 0. The van der Waals surface area contributed by atoms with Crippen molar-refractivity contribution in [1.82, 2.24) is 9.80 Å². The first-order valence-electron chi connectivity index (χ1n) is 10.3. The number of likely N-dealkylation sites (tertiary alicyclic amines) is 1. The van der Waals surface area contributed by atoms with Crippen molar-refractivity contribution in [2.45, 2.75) is 31.5 Å². The van der Waals surface area contributed by atoms with E-state index < -0.39 is 5.60 Å². The van der Waals surface area contributed by atoms with Crippen LogP contribution in [0.4, 0.5) is 0 Å². The zero-order valence-corrected chi connectivity index (χ0v) is 18.7. The van der Waals surface area contributed by atoms with Gasteiger partial charge in [-0.1, -0.05) is 35.3 Å². The van der Waals surface area contributed by atoms with E-state index in [0.717, 1.165) is 30.8 Å². The standard InChI is InChI=1S/C23H24Cl2N2O4/c1-23(30,14-27-21(28)17-4-2-3-5-18(17)22(27)29)13-26-10-8-15(9-11-26)31-16-6-7-19(24)20(25)12-16/h2-7,12,15,30H,8-11,13-14H2,1H3/t23-/m0/s1. The summed E-state index contributed by atoms with van der Waals surface area (Å²) < 4.78 is 6.01. The fraction of sp³-hybridized carbons (Fsp3) is 0.391. The Morgan fingerprint density at radius 1 is 1.00 bits per heavy atom. The quantitative estimate of drug-likeness (QED) is 0.659. The normalized spacial score (nSPS) is 19.4. The summed E-state index contributed by atoms with van der Waals surface area (Å²) in [4.78, 5) is 28.4. The summed E-state index contributed by atoms with van der Waals surface area (Å²) in [5.41, 5.74) is -0.433. The lowest BCUT2D eigenvalue weighted by Crippen LogP contribution is -2.52. The minimum atomic E-state index is -1.22. The number of amides is 2. The fourth-order valence-corrected chi connectivity index (χ4v) is 4.47. The zero-order valence-electron chi connectivity index (χ0n) is 17.2. The predicted octanol–water partition coefficient (Wildman–Crippen LogP) is 3.88. The smallest absolute Gasteiger partial charge is 0.261 e. The van der Waals surface area contributed by atoms with Gasteiger partial charge in [-0.15, -0.1) is 0 Å². The van der Waals surface area contributed by atoms with Gasteiger partial charge in [-0.05, 0) is 44.0 Å². The molecule has 1 fully saturated rings. The average Bonchev–Trinajstić information content (AvgIpc) is 2.97. The van der Waals surface area contributed by atoms with Crippen LogP contribution >= 0.6 is 23.2 Å². The van der Waals surface area contributed by atoms with Gasteiger partial charge in [0.2, 0.25) is 0 Å². The molecule has 2 aromatic rings. The van der Waals surface area contributed by atoms with Crippen molar-refractivity contribution >= 4 is 35.0 Å². The number of aliphatic hydroxyl groups is 1. The lowest BCUT2D eigenvalue weighted by molar-refractivity contribution is -0.0154. The number of hydrogen-bond donors (Lipinski definition) is 1. The van der Waals surface area contributed by atoms with E-state index in [1.165, 1.54) is 0 Å². The maximum atomic E-state index is 12.6. The number of β-amino-alcohol motifs (C(OH)–C–C–N with tert-alkyl or cyclic N) is 1. The van der Waals surface area contributed by atoms with E-state index in [9.17, 15) is 14.7 Å². The SMILES string of the molecule is C[C@](O)(CN1CCC(Oc2ccc(Cl)c(Cl)c2)CC1)CN1C(=O)c2ccccc2C1=O. The summed E-state index contributed by atoms with van der Waals surface area (Å²) >= 11 is 12.0. The highest BCUT2D eigenvalue weighted by atomic mass is 35.5. The fourth-order valence-electron chi connectivity index (χ4n) is 4.18. The highest BCUT2D eigenvalue weighted by Gasteiger charge is 2.40. The van der Waals surface area contributed by atoms with Crippen molar-refractivity contribution in [3.05, 3.63) is 63.6 Å². The van der Waals surface area contributed by atoms with E-state index in [1.54, 1.807) is 49.4 Å². The minimum Gasteiger partial charge on any atom is -0.490 e. The molecule has 0 saturated carbocycles. The Hall–Kier alpha value is -2.12. The molecule has 0 unspecified atom stereocenters. The second kappa shape index (κ2) is 8.79. The summed E-state index contributed by atoms with van der Waals surface area (Å²) in [5, 5.41) is 11.9. The average molecular weight is 463 g/mol. The molecule has 31 heavy (non-hydrogen) atoms. The van der Waals surface area contributed by atoms with Gasteiger partial charge < -0.3 is 14.7 Å². The molecule has 1 N–H and O–H groups in total. The first-order chi connectivity index (χ1) is 14.7. The van der Waals surface area contributed by atoms with Crippen molar-refractivity contribution in [3.63, 3.8) is 0 Å². The first-order valence-corrected chi connectivity index (χ1v) is 11.0. The molecular formula is C23H24Cl2N2O4. The molecular weight excluding hydrogens is 439 g/mol. The van der Waals surface area contributed by atoms with Crippen LogP contribution in [0.15, 0.2) is 42.5 Å².